The van der Waals surface area contributed by atoms with E-state index < -0.39 is 11.6 Å². The molecule has 2 aromatic heterocycles. The zero-order chi connectivity index (χ0) is 20.2. The van der Waals surface area contributed by atoms with Gasteiger partial charge in [-0.15, -0.1) is 0 Å². The maximum absolute atomic E-state index is 13.7. The predicted molar refractivity (Wildman–Crippen MR) is 101 cm³/mol. The van der Waals surface area contributed by atoms with Crippen molar-refractivity contribution in [2.24, 2.45) is 0 Å². The number of fused-ring (bicyclic) bond motifs is 1. The number of carbonyl (C=O) groups is 1. The largest absolute Gasteiger partial charge is 0.461 e. The van der Waals surface area contributed by atoms with Gasteiger partial charge in [-0.3, -0.25) is 4.79 Å². The lowest BCUT2D eigenvalue weighted by Crippen LogP contribution is -2.48. The molecule has 3 heterocycles. The van der Waals surface area contributed by atoms with E-state index in [0.717, 1.165) is 17.8 Å². The Bertz CT molecular complexity index is 1000. The molecule has 29 heavy (non-hydrogen) atoms. The Morgan fingerprint density at radius 2 is 2.17 bits per heavy atom. The molecular formula is C18H17F2N5O3S. The molecule has 1 fully saturated rings. The van der Waals surface area contributed by atoms with Crippen LogP contribution in [0.1, 0.15) is 0 Å². The van der Waals surface area contributed by atoms with Crippen LogP contribution in [0.5, 0.6) is 6.01 Å². The molecule has 0 spiro atoms. The molecule has 11 heteroatoms. The fourth-order valence-electron chi connectivity index (χ4n) is 2.88. The van der Waals surface area contributed by atoms with Gasteiger partial charge >= 0.3 is 6.01 Å². The monoisotopic (exact) mass is 421 g/mol. The number of ether oxygens (including phenoxy) is 2. The minimum atomic E-state index is -0.743. The average molecular weight is 421 g/mol. The number of H-pyrrole nitrogens is 1. The van der Waals surface area contributed by atoms with Gasteiger partial charge in [-0.1, -0.05) is 11.8 Å². The molecule has 0 saturated carbocycles. The Hall–Kier alpha value is -2.79. The topological polar surface area (TPSA) is 93.2 Å². The van der Waals surface area contributed by atoms with Crippen LogP contribution in [0.25, 0.3) is 11.0 Å². The number of hydrogen-bond donors (Lipinski definition) is 1. The minimum absolute atomic E-state index is 0.0491. The van der Waals surface area contributed by atoms with Crippen LogP contribution in [0.15, 0.2) is 35.7 Å². The first-order chi connectivity index (χ1) is 14.1. The van der Waals surface area contributed by atoms with Gasteiger partial charge in [-0.05, 0) is 12.1 Å². The highest BCUT2D eigenvalue weighted by Gasteiger charge is 2.25. The number of rotatable bonds is 6. The maximum Gasteiger partial charge on any atom is 0.316 e. The highest BCUT2D eigenvalue weighted by molar-refractivity contribution is 7.99. The second-order valence-corrected chi connectivity index (χ2v) is 7.25. The Morgan fingerprint density at radius 3 is 3.00 bits per heavy atom. The normalized spacial score (nSPS) is 16.9. The third-order valence-corrected chi connectivity index (χ3v) is 5.11. The molecule has 1 unspecified atom stereocenters. The van der Waals surface area contributed by atoms with E-state index in [9.17, 15) is 13.6 Å². The average Bonchev–Trinajstić information content (AvgIpc) is 3.15. The van der Waals surface area contributed by atoms with E-state index in [-0.39, 0.29) is 41.4 Å². The lowest BCUT2D eigenvalue weighted by molar-refractivity contribution is -0.137. The molecule has 1 aliphatic rings. The second kappa shape index (κ2) is 8.70. The minimum Gasteiger partial charge on any atom is -0.461 e. The van der Waals surface area contributed by atoms with Gasteiger partial charge in [0.25, 0.3) is 0 Å². The van der Waals surface area contributed by atoms with Gasteiger partial charge in [0.1, 0.15) is 24.0 Å². The van der Waals surface area contributed by atoms with Gasteiger partial charge in [0.05, 0.1) is 24.4 Å². The summed E-state index contributed by atoms with van der Waals surface area (Å²) in [4.78, 5) is 29.1. The fourth-order valence-corrected chi connectivity index (χ4v) is 3.66. The number of aromatic nitrogens is 4. The van der Waals surface area contributed by atoms with E-state index in [1.165, 1.54) is 6.07 Å². The molecule has 1 N–H and O–H groups in total. The zero-order valence-corrected chi connectivity index (χ0v) is 16.0. The highest BCUT2D eigenvalue weighted by atomic mass is 32.2. The second-order valence-electron chi connectivity index (χ2n) is 6.29. The van der Waals surface area contributed by atoms with Gasteiger partial charge in [0.2, 0.25) is 5.91 Å². The molecule has 1 aliphatic heterocycles. The van der Waals surface area contributed by atoms with Crippen LogP contribution in [0.2, 0.25) is 0 Å². The molecular weight excluding hydrogens is 404 g/mol. The van der Waals surface area contributed by atoms with E-state index >= 15 is 0 Å². The van der Waals surface area contributed by atoms with Crippen LogP contribution in [0, 0.1) is 11.6 Å². The van der Waals surface area contributed by atoms with Crippen LogP contribution in [-0.4, -0.2) is 68.9 Å². The lowest BCUT2D eigenvalue weighted by atomic mass is 10.3. The molecule has 8 nitrogen and oxygen atoms in total. The van der Waals surface area contributed by atoms with Gasteiger partial charge in [-0.2, -0.15) is 0 Å². The molecule has 1 atom stereocenters. The number of aromatic amines is 1. The first kappa shape index (κ1) is 19.5. The first-order valence-electron chi connectivity index (χ1n) is 8.85. The van der Waals surface area contributed by atoms with Crippen LogP contribution in [0.3, 0.4) is 0 Å². The standard InChI is InChI=1S/C18H17F2N5O3S/c19-11-6-13(20)16-14(7-11)23-18(24-16)29-10-15(26)25-4-5-27-12(8-25)9-28-17-21-2-1-3-22-17/h1-3,6-7,12H,4-5,8-10H2,(H,23,24). The number of nitrogens with zero attached hydrogens (tertiary/aromatic N) is 4. The summed E-state index contributed by atoms with van der Waals surface area (Å²) in [5.74, 6) is -1.42. The van der Waals surface area contributed by atoms with Crippen LogP contribution in [0.4, 0.5) is 8.78 Å². The van der Waals surface area contributed by atoms with Crippen LogP contribution < -0.4 is 4.74 Å². The number of benzene rings is 1. The summed E-state index contributed by atoms with van der Waals surface area (Å²) < 4.78 is 38.1. The molecule has 0 bridgehead atoms. The summed E-state index contributed by atoms with van der Waals surface area (Å²) in [6, 6.07) is 3.89. The Labute approximate surface area is 168 Å². The Balaban J connectivity index is 1.30. The van der Waals surface area contributed by atoms with Crippen molar-refractivity contribution in [2.45, 2.75) is 11.3 Å². The molecule has 0 radical (unpaired) electrons. The van der Waals surface area contributed by atoms with Crippen LogP contribution in [-0.2, 0) is 9.53 Å². The molecule has 1 saturated heterocycles. The number of halogens is 2. The van der Waals surface area contributed by atoms with Crippen molar-refractivity contribution < 1.29 is 23.0 Å². The van der Waals surface area contributed by atoms with E-state index in [1.54, 1.807) is 23.4 Å². The summed E-state index contributed by atoms with van der Waals surface area (Å²) in [6.07, 6.45) is 2.87. The van der Waals surface area contributed by atoms with E-state index in [0.29, 0.717) is 24.9 Å². The smallest absolute Gasteiger partial charge is 0.316 e. The summed E-state index contributed by atoms with van der Waals surface area (Å²) >= 11 is 1.13. The Kier molecular flexibility index (Phi) is 5.86. The van der Waals surface area contributed by atoms with Crippen molar-refractivity contribution >= 4 is 28.7 Å². The van der Waals surface area contributed by atoms with E-state index in [4.69, 9.17) is 9.47 Å². The van der Waals surface area contributed by atoms with Crippen molar-refractivity contribution in [3.63, 3.8) is 0 Å². The third kappa shape index (κ3) is 4.80. The molecule has 0 aliphatic carbocycles. The third-order valence-electron chi connectivity index (χ3n) is 4.25. The molecule has 152 valence electrons. The predicted octanol–water partition coefficient (Wildman–Crippen LogP) is 2.03. The van der Waals surface area contributed by atoms with Gasteiger partial charge in [-0.25, -0.2) is 23.7 Å². The van der Waals surface area contributed by atoms with E-state index in [2.05, 4.69) is 19.9 Å². The zero-order valence-electron chi connectivity index (χ0n) is 15.2. The van der Waals surface area contributed by atoms with Gasteiger partial charge < -0.3 is 19.4 Å². The van der Waals surface area contributed by atoms with Crippen molar-refractivity contribution in [2.75, 3.05) is 32.1 Å². The molecule has 1 aromatic carbocycles. The van der Waals surface area contributed by atoms with E-state index in [1.807, 2.05) is 0 Å². The number of imidazole rings is 1. The van der Waals surface area contributed by atoms with Crippen molar-refractivity contribution in [3.8, 4) is 6.01 Å². The molecule has 4 rings (SSSR count). The summed E-state index contributed by atoms with van der Waals surface area (Å²) in [7, 11) is 0. The van der Waals surface area contributed by atoms with Crippen LogP contribution >= 0.6 is 11.8 Å². The summed E-state index contributed by atoms with van der Waals surface area (Å²) in [6.45, 7) is 1.48. The number of carbonyl (C=O) groups excluding carboxylic acids is 1. The highest BCUT2D eigenvalue weighted by Crippen LogP contribution is 2.23. The number of amides is 1. The van der Waals surface area contributed by atoms with Crippen molar-refractivity contribution in [1.29, 1.82) is 0 Å². The van der Waals surface area contributed by atoms with Gasteiger partial charge in [0, 0.05) is 25.0 Å². The quantitative estimate of drug-likeness (QED) is 0.609. The molecule has 1 amide bonds. The SMILES string of the molecule is O=C(CSc1nc2c(F)cc(F)cc2[nH]1)N1CCOC(COc2ncccn2)C1. The summed E-state index contributed by atoms with van der Waals surface area (Å²) in [5, 5.41) is 0.354. The summed E-state index contributed by atoms with van der Waals surface area (Å²) in [5.41, 5.74) is 0.303. The first-order valence-corrected chi connectivity index (χ1v) is 9.84. The van der Waals surface area contributed by atoms with Crippen molar-refractivity contribution in [3.05, 3.63) is 42.2 Å². The number of nitrogens with one attached hydrogen (secondary N) is 1. The number of thioether (sulfide) groups is 1. The van der Waals surface area contributed by atoms with Crippen molar-refractivity contribution in [1.82, 2.24) is 24.8 Å². The lowest BCUT2D eigenvalue weighted by Gasteiger charge is -2.32. The van der Waals surface area contributed by atoms with Gasteiger partial charge in [0.15, 0.2) is 11.0 Å². The fraction of sp³-hybridized carbons (Fsp3) is 0.333. The Morgan fingerprint density at radius 1 is 1.34 bits per heavy atom. The number of hydrogen-bond acceptors (Lipinski definition) is 7. The number of morpholine rings is 1. The maximum atomic E-state index is 13.7. The molecule has 3 aromatic rings.